The smallest absolute Gasteiger partial charge is 0.261 e. The molecular formula is C30H26N10S2+2. The Kier molecular flexibility index (Phi) is 6.74. The van der Waals surface area contributed by atoms with Gasteiger partial charge in [-0.15, -0.1) is 0 Å². The van der Waals surface area contributed by atoms with Crippen LogP contribution in [0.5, 0.6) is 0 Å². The minimum atomic E-state index is 0.369. The summed E-state index contributed by atoms with van der Waals surface area (Å²) < 4.78 is 8.67. The Hall–Kier alpha value is -5.20. The van der Waals surface area contributed by atoms with Crippen LogP contribution in [0.15, 0.2) is 107 Å². The van der Waals surface area contributed by atoms with Gasteiger partial charge in [-0.1, -0.05) is 46.9 Å². The predicted molar refractivity (Wildman–Crippen MR) is 168 cm³/mol. The van der Waals surface area contributed by atoms with Crippen molar-refractivity contribution in [3.8, 4) is 22.5 Å². The van der Waals surface area contributed by atoms with E-state index in [2.05, 4.69) is 123 Å². The zero-order valence-electron chi connectivity index (χ0n) is 22.8. The van der Waals surface area contributed by atoms with Crippen molar-refractivity contribution < 1.29 is 9.13 Å². The van der Waals surface area contributed by atoms with Crippen molar-refractivity contribution in [2.75, 3.05) is 10.9 Å². The second kappa shape index (κ2) is 11.0. The number of hydrazone groups is 2. The Morgan fingerprint density at radius 2 is 1.24 bits per heavy atom. The van der Waals surface area contributed by atoms with E-state index in [1.165, 1.54) is 9.92 Å². The molecule has 0 aliphatic heterocycles. The SMILES string of the molecule is C[n+]1c(-c2ccc(/C=N/Nc3ccnc(N/N=C/c4ccc(-c5cn6ccsc6[n+]5C)cc4)n3)cc2)cn2ccsc21. The van der Waals surface area contributed by atoms with Crippen molar-refractivity contribution in [3.05, 3.63) is 107 Å². The van der Waals surface area contributed by atoms with Crippen molar-refractivity contribution >= 4 is 56.8 Å². The second-order valence-electron chi connectivity index (χ2n) is 9.58. The highest BCUT2D eigenvalue weighted by Gasteiger charge is 2.17. The molecule has 0 spiro atoms. The largest absolute Gasteiger partial charge is 0.345 e. The lowest BCUT2D eigenvalue weighted by Gasteiger charge is -2.02. The summed E-state index contributed by atoms with van der Waals surface area (Å²) in [4.78, 5) is 11.1. The average Bonchev–Trinajstić information content (AvgIpc) is 3.79. The molecule has 5 aromatic heterocycles. The topological polar surface area (TPSA) is 91.1 Å². The molecule has 0 radical (unpaired) electrons. The summed E-state index contributed by atoms with van der Waals surface area (Å²) in [6, 6.07) is 18.3. The molecule has 5 heterocycles. The maximum atomic E-state index is 4.42. The van der Waals surface area contributed by atoms with Crippen LogP contribution in [-0.2, 0) is 14.1 Å². The molecule has 2 N–H and O–H groups in total. The van der Waals surface area contributed by atoms with E-state index in [4.69, 9.17) is 0 Å². The van der Waals surface area contributed by atoms with Crippen LogP contribution in [0.25, 0.3) is 32.4 Å². The van der Waals surface area contributed by atoms with E-state index in [0.29, 0.717) is 11.8 Å². The predicted octanol–water partition coefficient (Wildman–Crippen LogP) is 4.98. The maximum absolute atomic E-state index is 4.42. The molecule has 0 amide bonds. The third-order valence-electron chi connectivity index (χ3n) is 6.89. The lowest BCUT2D eigenvalue weighted by atomic mass is 10.1. The zero-order chi connectivity index (χ0) is 28.5. The van der Waals surface area contributed by atoms with E-state index in [0.717, 1.165) is 33.6 Å². The van der Waals surface area contributed by atoms with Gasteiger partial charge in [0.15, 0.2) is 17.2 Å². The Balaban J connectivity index is 0.953. The summed E-state index contributed by atoms with van der Waals surface area (Å²) in [5.74, 6) is 0.926. The molecule has 0 bridgehead atoms. The summed E-state index contributed by atoms with van der Waals surface area (Å²) in [7, 11) is 4.17. The first-order chi connectivity index (χ1) is 20.6. The van der Waals surface area contributed by atoms with Crippen molar-refractivity contribution in [1.29, 1.82) is 0 Å². The standard InChI is InChI=1S/C30H26N10S2/c1-37-25(19-39-13-15-41-29(37)39)23-7-3-21(4-8-23)17-32-35-27-11-12-31-28(34-27)36-33-18-22-5-9-24(10-6-22)26-20-40-14-16-42-30(40)38(26)2/h3-20H,1-2H3,(H2,31,34,35,36)/q+2/b32-17+,33-18+. The highest BCUT2D eigenvalue weighted by atomic mass is 32.1. The third kappa shape index (κ3) is 5.04. The number of hydrogen-bond donors (Lipinski definition) is 2. The van der Waals surface area contributed by atoms with Crippen molar-refractivity contribution in [2.24, 2.45) is 24.3 Å². The lowest BCUT2D eigenvalue weighted by Crippen LogP contribution is -2.28. The van der Waals surface area contributed by atoms with Crippen molar-refractivity contribution in [2.45, 2.75) is 0 Å². The van der Waals surface area contributed by atoms with Crippen LogP contribution in [0, 0.1) is 0 Å². The number of benzene rings is 2. The van der Waals surface area contributed by atoms with Crippen LogP contribution in [0.1, 0.15) is 11.1 Å². The van der Waals surface area contributed by atoms with E-state index in [1.807, 2.05) is 24.3 Å². The minimum Gasteiger partial charge on any atom is -0.261 e. The molecule has 206 valence electrons. The van der Waals surface area contributed by atoms with Crippen LogP contribution < -0.4 is 20.0 Å². The van der Waals surface area contributed by atoms with E-state index >= 15 is 0 Å². The van der Waals surface area contributed by atoms with Crippen LogP contribution in [0.4, 0.5) is 11.8 Å². The number of rotatable bonds is 8. The van der Waals surface area contributed by atoms with Gasteiger partial charge in [0.05, 0.1) is 26.5 Å². The van der Waals surface area contributed by atoms with E-state index in [9.17, 15) is 0 Å². The van der Waals surface area contributed by atoms with Gasteiger partial charge in [-0.25, -0.2) is 19.5 Å². The van der Waals surface area contributed by atoms with E-state index in [-0.39, 0.29) is 0 Å². The fourth-order valence-corrected chi connectivity index (χ4v) is 6.35. The highest BCUT2D eigenvalue weighted by molar-refractivity contribution is 7.15. The van der Waals surface area contributed by atoms with Gasteiger partial charge >= 0.3 is 9.92 Å². The molecule has 7 rings (SSSR count). The number of nitrogens with one attached hydrogen (secondary N) is 2. The molecule has 2 aromatic carbocycles. The molecule has 0 saturated carbocycles. The molecule has 0 saturated heterocycles. The van der Waals surface area contributed by atoms with Gasteiger partial charge in [-0.2, -0.15) is 24.0 Å². The molecule has 0 unspecified atom stereocenters. The van der Waals surface area contributed by atoms with Gasteiger partial charge in [-0.3, -0.25) is 5.43 Å². The first-order valence-electron chi connectivity index (χ1n) is 13.1. The zero-order valence-corrected chi connectivity index (χ0v) is 24.4. The molecule has 12 heteroatoms. The number of aromatic nitrogens is 6. The third-order valence-corrected chi connectivity index (χ3v) is 8.80. The molecule has 42 heavy (non-hydrogen) atoms. The monoisotopic (exact) mass is 590 g/mol. The van der Waals surface area contributed by atoms with Crippen molar-refractivity contribution in [3.63, 3.8) is 0 Å². The fourth-order valence-electron chi connectivity index (χ4n) is 4.74. The quantitative estimate of drug-likeness (QED) is 0.148. The molecule has 0 aliphatic rings. The summed E-state index contributed by atoms with van der Waals surface area (Å²) >= 11 is 3.44. The van der Waals surface area contributed by atoms with E-state index < -0.39 is 0 Å². The Morgan fingerprint density at radius 1 is 0.714 bits per heavy atom. The first-order valence-corrected chi connectivity index (χ1v) is 14.9. The summed E-state index contributed by atoms with van der Waals surface area (Å²) in [6.45, 7) is 0. The Labute approximate surface area is 249 Å². The number of nitrogens with zero attached hydrogens (tertiary/aromatic N) is 8. The summed E-state index contributed by atoms with van der Waals surface area (Å²) in [5.41, 5.74) is 12.4. The van der Waals surface area contributed by atoms with Gasteiger partial charge in [0.2, 0.25) is 5.95 Å². The van der Waals surface area contributed by atoms with Gasteiger partial charge in [0.25, 0.3) is 0 Å². The van der Waals surface area contributed by atoms with Crippen LogP contribution in [0.2, 0.25) is 0 Å². The molecular weight excluding hydrogens is 565 g/mol. The molecule has 0 fully saturated rings. The molecule has 0 aliphatic carbocycles. The van der Waals surface area contributed by atoms with Gasteiger partial charge in [0, 0.05) is 34.2 Å². The number of anilines is 2. The van der Waals surface area contributed by atoms with Gasteiger partial charge in [0.1, 0.15) is 24.8 Å². The number of imidazole rings is 2. The lowest BCUT2D eigenvalue weighted by molar-refractivity contribution is -0.631. The van der Waals surface area contributed by atoms with Crippen LogP contribution in [-0.4, -0.2) is 31.2 Å². The summed E-state index contributed by atoms with van der Waals surface area (Å²) in [6.07, 6.45) is 13.6. The van der Waals surface area contributed by atoms with Crippen molar-refractivity contribution in [1.82, 2.24) is 18.8 Å². The van der Waals surface area contributed by atoms with E-state index in [1.54, 1.807) is 47.4 Å². The fraction of sp³-hybridized carbons (Fsp3) is 0.0667. The Morgan fingerprint density at radius 3 is 1.76 bits per heavy atom. The average molecular weight is 591 g/mol. The maximum Gasteiger partial charge on any atom is 0.345 e. The van der Waals surface area contributed by atoms with Crippen LogP contribution >= 0.6 is 22.7 Å². The molecule has 10 nitrogen and oxygen atoms in total. The van der Waals surface area contributed by atoms with Gasteiger partial charge in [-0.05, 0) is 35.4 Å². The number of fused-ring (bicyclic) bond motifs is 2. The number of hydrogen-bond acceptors (Lipinski definition) is 8. The normalized spacial score (nSPS) is 11.9. The number of thiazole rings is 2. The highest BCUT2D eigenvalue weighted by Crippen LogP contribution is 2.21. The summed E-state index contributed by atoms with van der Waals surface area (Å²) in [5, 5.41) is 12.8. The number of aryl methyl sites for hydroxylation is 2. The van der Waals surface area contributed by atoms with Gasteiger partial charge < -0.3 is 0 Å². The van der Waals surface area contributed by atoms with Crippen LogP contribution in [0.3, 0.4) is 0 Å². The second-order valence-corrected chi connectivity index (χ2v) is 11.3. The molecule has 0 atom stereocenters. The molecule has 7 aromatic rings. The Bertz CT molecular complexity index is 1920. The first kappa shape index (κ1) is 25.7. The minimum absolute atomic E-state index is 0.369.